The summed E-state index contributed by atoms with van der Waals surface area (Å²) in [4.78, 5) is 6.16. The van der Waals surface area contributed by atoms with E-state index >= 15 is 0 Å². The van der Waals surface area contributed by atoms with Gasteiger partial charge in [-0.3, -0.25) is 4.98 Å². The fourth-order valence-corrected chi connectivity index (χ4v) is 4.47. The van der Waals surface area contributed by atoms with Gasteiger partial charge in [0, 0.05) is 38.1 Å². The molecule has 0 spiro atoms. The maximum Gasteiger partial charge on any atom is 0.244 e. The predicted octanol–water partition coefficient (Wildman–Crippen LogP) is 1.50. The summed E-state index contributed by atoms with van der Waals surface area (Å²) < 4.78 is 27.3. The maximum atomic E-state index is 12.9. The zero-order chi connectivity index (χ0) is 17.9. The first kappa shape index (κ1) is 17.5. The van der Waals surface area contributed by atoms with E-state index in [2.05, 4.69) is 22.0 Å². The van der Waals surface area contributed by atoms with Crippen molar-refractivity contribution in [3.8, 4) is 6.07 Å². The number of aromatic nitrogens is 1. The Hall–Kier alpha value is -2.27. The molecule has 0 radical (unpaired) electrons. The topological polar surface area (TPSA) is 77.3 Å². The van der Waals surface area contributed by atoms with Crippen LogP contribution >= 0.6 is 0 Å². The van der Waals surface area contributed by atoms with Crippen molar-refractivity contribution in [2.24, 2.45) is 0 Å². The highest BCUT2D eigenvalue weighted by Gasteiger charge is 2.33. The third kappa shape index (κ3) is 3.87. The summed E-state index contributed by atoms with van der Waals surface area (Å²) in [5.41, 5.74) is 1.43. The van der Waals surface area contributed by atoms with Gasteiger partial charge in [-0.05, 0) is 25.1 Å². The lowest BCUT2D eigenvalue weighted by atomic mass is 10.0. The van der Waals surface area contributed by atoms with Crippen LogP contribution in [-0.4, -0.2) is 55.3 Å². The molecule has 1 aromatic heterocycles. The molecule has 2 aromatic rings. The summed E-state index contributed by atoms with van der Waals surface area (Å²) in [5, 5.41) is 8.97. The Kier molecular flexibility index (Phi) is 5.13. The standard InChI is InChI=1S/C18H20N4O2S/c1-21-7-8-22(14-17(21)9-15-5-3-2-4-6-15)25(23,24)18-10-16(11-19)12-20-13-18/h2-6,10,12-13,17H,7-9,14H2,1H3. The Bertz CT molecular complexity index is 877. The predicted molar refractivity (Wildman–Crippen MR) is 94.3 cm³/mol. The lowest BCUT2D eigenvalue weighted by Gasteiger charge is -2.38. The van der Waals surface area contributed by atoms with Crippen LogP contribution in [0, 0.1) is 11.3 Å². The molecule has 0 bridgehead atoms. The average Bonchev–Trinajstić information content (AvgIpc) is 2.64. The average molecular weight is 356 g/mol. The van der Waals surface area contributed by atoms with Crippen LogP contribution in [-0.2, 0) is 16.4 Å². The Morgan fingerprint density at radius 1 is 1.24 bits per heavy atom. The van der Waals surface area contributed by atoms with E-state index in [1.54, 1.807) is 0 Å². The van der Waals surface area contributed by atoms with Gasteiger partial charge in [-0.25, -0.2) is 8.42 Å². The molecule has 1 atom stereocenters. The number of nitrogens with zero attached hydrogens (tertiary/aromatic N) is 4. The fourth-order valence-electron chi connectivity index (χ4n) is 3.01. The number of likely N-dealkylation sites (N-methyl/N-ethyl adjacent to an activating group) is 1. The van der Waals surface area contributed by atoms with E-state index in [9.17, 15) is 8.42 Å². The molecular weight excluding hydrogens is 336 g/mol. The van der Waals surface area contributed by atoms with E-state index in [0.717, 1.165) is 6.42 Å². The quantitative estimate of drug-likeness (QED) is 0.830. The molecule has 130 valence electrons. The highest BCUT2D eigenvalue weighted by molar-refractivity contribution is 7.89. The Labute approximate surface area is 148 Å². The van der Waals surface area contributed by atoms with Gasteiger partial charge in [0.2, 0.25) is 10.0 Å². The van der Waals surface area contributed by atoms with Crippen molar-refractivity contribution in [3.63, 3.8) is 0 Å². The van der Waals surface area contributed by atoms with Gasteiger partial charge in [0.15, 0.2) is 0 Å². The number of benzene rings is 1. The molecule has 0 N–H and O–H groups in total. The van der Waals surface area contributed by atoms with Gasteiger partial charge in [0.25, 0.3) is 0 Å². The number of pyridine rings is 1. The number of sulfonamides is 1. The fraction of sp³-hybridized carbons (Fsp3) is 0.333. The van der Waals surface area contributed by atoms with Crippen molar-refractivity contribution in [1.29, 1.82) is 5.26 Å². The van der Waals surface area contributed by atoms with E-state index < -0.39 is 10.0 Å². The largest absolute Gasteiger partial charge is 0.300 e. The second kappa shape index (κ2) is 7.31. The third-order valence-corrected chi connectivity index (χ3v) is 6.36. The lowest BCUT2D eigenvalue weighted by molar-refractivity contribution is 0.147. The molecule has 1 saturated heterocycles. The summed E-state index contributed by atoms with van der Waals surface area (Å²) in [7, 11) is -1.63. The summed E-state index contributed by atoms with van der Waals surface area (Å²) in [6.45, 7) is 1.52. The van der Waals surface area contributed by atoms with Gasteiger partial charge in [-0.2, -0.15) is 9.57 Å². The van der Waals surface area contributed by atoms with Crippen LogP contribution in [0.15, 0.2) is 53.7 Å². The molecule has 0 saturated carbocycles. The number of hydrogen-bond donors (Lipinski definition) is 0. The van der Waals surface area contributed by atoms with Gasteiger partial charge in [0.05, 0.1) is 5.56 Å². The molecule has 1 unspecified atom stereocenters. The normalized spacial score (nSPS) is 19.4. The minimum atomic E-state index is -3.65. The molecule has 25 heavy (non-hydrogen) atoms. The minimum Gasteiger partial charge on any atom is -0.300 e. The highest BCUT2D eigenvalue weighted by atomic mass is 32.2. The van der Waals surface area contributed by atoms with E-state index in [1.807, 2.05) is 31.3 Å². The van der Waals surface area contributed by atoms with Crippen LogP contribution in [0.2, 0.25) is 0 Å². The second-order valence-electron chi connectivity index (χ2n) is 6.21. The summed E-state index contributed by atoms with van der Waals surface area (Å²) in [6.07, 6.45) is 3.46. The highest BCUT2D eigenvalue weighted by Crippen LogP contribution is 2.21. The minimum absolute atomic E-state index is 0.0783. The van der Waals surface area contributed by atoms with Gasteiger partial charge >= 0.3 is 0 Å². The first-order valence-electron chi connectivity index (χ1n) is 8.10. The molecule has 1 aliphatic rings. The summed E-state index contributed by atoms with van der Waals surface area (Å²) >= 11 is 0. The van der Waals surface area contributed by atoms with Gasteiger partial charge < -0.3 is 4.90 Å². The van der Waals surface area contributed by atoms with Crippen molar-refractivity contribution in [1.82, 2.24) is 14.2 Å². The molecule has 1 aromatic carbocycles. The second-order valence-corrected chi connectivity index (χ2v) is 8.15. The van der Waals surface area contributed by atoms with Crippen molar-refractivity contribution in [2.45, 2.75) is 17.4 Å². The molecule has 7 heteroatoms. The molecule has 1 fully saturated rings. The Morgan fingerprint density at radius 2 is 2.00 bits per heavy atom. The van der Waals surface area contributed by atoms with Crippen LogP contribution in [0.4, 0.5) is 0 Å². The van der Waals surface area contributed by atoms with Gasteiger partial charge in [-0.15, -0.1) is 0 Å². The van der Waals surface area contributed by atoms with Crippen molar-refractivity contribution in [3.05, 3.63) is 59.9 Å². The summed E-state index contributed by atoms with van der Waals surface area (Å²) in [6, 6.07) is 13.5. The third-order valence-electron chi connectivity index (χ3n) is 4.53. The lowest BCUT2D eigenvalue weighted by Crippen LogP contribution is -2.53. The van der Waals surface area contributed by atoms with Crippen molar-refractivity contribution < 1.29 is 8.42 Å². The van der Waals surface area contributed by atoms with Crippen molar-refractivity contribution in [2.75, 3.05) is 26.7 Å². The van der Waals surface area contributed by atoms with Gasteiger partial charge in [-0.1, -0.05) is 30.3 Å². The van der Waals surface area contributed by atoms with Crippen molar-refractivity contribution >= 4 is 10.0 Å². The van der Waals surface area contributed by atoms with Crippen LogP contribution < -0.4 is 0 Å². The molecule has 3 rings (SSSR count). The first-order valence-corrected chi connectivity index (χ1v) is 9.54. The molecule has 6 nitrogen and oxygen atoms in total. The van der Waals surface area contributed by atoms with E-state index in [0.29, 0.717) is 19.6 Å². The van der Waals surface area contributed by atoms with E-state index in [4.69, 9.17) is 5.26 Å². The zero-order valence-corrected chi connectivity index (χ0v) is 14.9. The monoisotopic (exact) mass is 356 g/mol. The molecule has 0 aliphatic carbocycles. The molecule has 0 amide bonds. The van der Waals surface area contributed by atoms with Gasteiger partial charge in [0.1, 0.15) is 11.0 Å². The number of hydrogen-bond acceptors (Lipinski definition) is 5. The maximum absolute atomic E-state index is 12.9. The van der Waals surface area contributed by atoms with Crippen LogP contribution in [0.25, 0.3) is 0 Å². The van der Waals surface area contributed by atoms with Crippen LogP contribution in [0.3, 0.4) is 0 Å². The van der Waals surface area contributed by atoms with E-state index in [-0.39, 0.29) is 16.5 Å². The smallest absolute Gasteiger partial charge is 0.244 e. The first-order chi connectivity index (χ1) is 12.0. The SMILES string of the molecule is CN1CCN(S(=O)(=O)c2cncc(C#N)c2)CC1Cc1ccccc1. The Morgan fingerprint density at radius 3 is 2.72 bits per heavy atom. The van der Waals surface area contributed by atoms with Crippen LogP contribution in [0.1, 0.15) is 11.1 Å². The zero-order valence-electron chi connectivity index (χ0n) is 14.0. The molecule has 1 aliphatic heterocycles. The molecular formula is C18H20N4O2S. The molecule has 2 heterocycles. The number of piperazine rings is 1. The number of nitriles is 1. The Balaban J connectivity index is 1.81. The van der Waals surface area contributed by atoms with E-state index in [1.165, 1.54) is 28.3 Å². The summed E-state index contributed by atoms with van der Waals surface area (Å²) in [5.74, 6) is 0. The number of rotatable bonds is 4. The van der Waals surface area contributed by atoms with Crippen LogP contribution in [0.5, 0.6) is 0 Å².